The lowest BCUT2D eigenvalue weighted by atomic mass is 10.0. The van der Waals surface area contributed by atoms with Gasteiger partial charge in [-0.15, -0.1) is 0 Å². The third-order valence-electron chi connectivity index (χ3n) is 3.78. The molecule has 8 heteroatoms. The van der Waals surface area contributed by atoms with E-state index in [4.69, 9.17) is 0 Å². The predicted octanol–water partition coefficient (Wildman–Crippen LogP) is 1.99. The molecule has 2 aromatic rings. The molecule has 0 fully saturated rings. The molecule has 2 heterocycles. The van der Waals surface area contributed by atoms with Crippen molar-refractivity contribution >= 4 is 11.7 Å². The Morgan fingerprint density at radius 1 is 1.29 bits per heavy atom. The minimum Gasteiger partial charge on any atom is -0.334 e. The van der Waals surface area contributed by atoms with Crippen molar-refractivity contribution in [2.24, 2.45) is 0 Å². The lowest BCUT2D eigenvalue weighted by Gasteiger charge is -2.11. The molecule has 2 amide bonds. The van der Waals surface area contributed by atoms with Gasteiger partial charge in [0.15, 0.2) is 0 Å². The maximum Gasteiger partial charge on any atom is 0.319 e. The van der Waals surface area contributed by atoms with Crippen molar-refractivity contribution < 1.29 is 4.79 Å². The summed E-state index contributed by atoms with van der Waals surface area (Å²) in [6.07, 6.45) is 4.77. The van der Waals surface area contributed by atoms with E-state index in [-0.39, 0.29) is 24.2 Å². The largest absolute Gasteiger partial charge is 0.334 e. The fourth-order valence-electron chi connectivity index (χ4n) is 2.49. The quantitative estimate of drug-likeness (QED) is 0.752. The molecule has 0 aliphatic carbocycles. The number of aryl methyl sites for hydroxylation is 1. The van der Waals surface area contributed by atoms with Crippen molar-refractivity contribution in [2.75, 3.05) is 5.32 Å². The highest BCUT2D eigenvalue weighted by Gasteiger charge is 2.13. The summed E-state index contributed by atoms with van der Waals surface area (Å²) in [5.74, 6) is 0. The molecule has 0 aliphatic heterocycles. The fourth-order valence-corrected chi connectivity index (χ4v) is 2.49. The third kappa shape index (κ3) is 4.01. The lowest BCUT2D eigenvalue weighted by molar-refractivity contribution is 0.251. The van der Waals surface area contributed by atoms with Crippen LogP contribution in [0.5, 0.6) is 0 Å². The highest BCUT2D eigenvalue weighted by molar-refractivity contribution is 5.88. The van der Waals surface area contributed by atoms with Gasteiger partial charge in [-0.05, 0) is 32.3 Å². The van der Waals surface area contributed by atoms with Gasteiger partial charge in [-0.1, -0.05) is 13.8 Å². The number of nitrogens with one attached hydrogen (secondary N) is 3. The Balaban J connectivity index is 2.05. The zero-order chi connectivity index (χ0) is 17.7. The van der Waals surface area contributed by atoms with Crippen LogP contribution in [0.15, 0.2) is 17.2 Å². The number of rotatable bonds is 6. The van der Waals surface area contributed by atoms with Crippen molar-refractivity contribution in [1.29, 1.82) is 0 Å². The molecule has 0 aliphatic rings. The fraction of sp³-hybridized carbons (Fsp3) is 0.500. The number of H-pyrrole nitrogens is 1. The normalized spacial score (nSPS) is 10.9. The molecule has 24 heavy (non-hydrogen) atoms. The Bertz CT molecular complexity index is 762. The number of hydrogen-bond donors (Lipinski definition) is 3. The van der Waals surface area contributed by atoms with Gasteiger partial charge in [0.1, 0.15) is 0 Å². The van der Waals surface area contributed by atoms with E-state index in [9.17, 15) is 9.59 Å². The molecule has 2 aromatic heterocycles. The number of nitrogens with zero attached hydrogens (tertiary/aromatic N) is 3. The first kappa shape index (κ1) is 17.7. The van der Waals surface area contributed by atoms with Gasteiger partial charge >= 0.3 is 6.03 Å². The molecule has 2 rings (SSSR count). The van der Waals surface area contributed by atoms with Crippen LogP contribution in [0.3, 0.4) is 0 Å². The second-order valence-corrected chi connectivity index (χ2v) is 5.77. The molecule has 8 nitrogen and oxygen atoms in total. The van der Waals surface area contributed by atoms with E-state index in [1.807, 2.05) is 27.7 Å². The predicted molar refractivity (Wildman–Crippen MR) is 92.1 cm³/mol. The summed E-state index contributed by atoms with van der Waals surface area (Å²) in [5, 5.41) is 16.1. The minimum absolute atomic E-state index is 0.151. The summed E-state index contributed by atoms with van der Waals surface area (Å²) in [7, 11) is 0. The number of amides is 2. The standard InChI is InChI=1S/C16H24N6O2/c1-5-12-13(15(23)21-20-14(12)6-2)8-17-16(24)19-11-7-18-22(9-11)10(3)4/h7,9-10H,5-6,8H2,1-4H3,(H,21,23)(H2,17,19,24). The van der Waals surface area contributed by atoms with Gasteiger partial charge in [-0.25, -0.2) is 9.89 Å². The van der Waals surface area contributed by atoms with E-state index >= 15 is 0 Å². The van der Waals surface area contributed by atoms with E-state index in [1.54, 1.807) is 17.1 Å². The van der Waals surface area contributed by atoms with E-state index in [2.05, 4.69) is 25.9 Å². The highest BCUT2D eigenvalue weighted by atomic mass is 16.2. The Morgan fingerprint density at radius 2 is 2.04 bits per heavy atom. The second-order valence-electron chi connectivity index (χ2n) is 5.77. The zero-order valence-corrected chi connectivity index (χ0v) is 14.5. The minimum atomic E-state index is -0.380. The molecule has 0 saturated carbocycles. The Hall–Kier alpha value is -2.64. The van der Waals surface area contributed by atoms with Crippen molar-refractivity contribution in [1.82, 2.24) is 25.3 Å². The van der Waals surface area contributed by atoms with Gasteiger partial charge in [0.25, 0.3) is 5.56 Å². The van der Waals surface area contributed by atoms with E-state index in [0.29, 0.717) is 17.7 Å². The van der Waals surface area contributed by atoms with Gasteiger partial charge in [-0.3, -0.25) is 9.48 Å². The summed E-state index contributed by atoms with van der Waals surface area (Å²) >= 11 is 0. The molecule has 0 bridgehead atoms. The molecule has 130 valence electrons. The molecular weight excluding hydrogens is 308 g/mol. The molecule has 0 radical (unpaired) electrons. The Morgan fingerprint density at radius 3 is 2.62 bits per heavy atom. The van der Waals surface area contributed by atoms with Crippen molar-refractivity contribution in [3.05, 3.63) is 39.6 Å². The average Bonchev–Trinajstić information content (AvgIpc) is 3.02. The maximum absolute atomic E-state index is 12.0. The van der Waals surface area contributed by atoms with E-state index < -0.39 is 0 Å². The van der Waals surface area contributed by atoms with Crippen LogP contribution in [0, 0.1) is 0 Å². The molecule has 0 aromatic carbocycles. The van der Waals surface area contributed by atoms with Crippen LogP contribution in [0.1, 0.15) is 50.6 Å². The van der Waals surface area contributed by atoms with Crippen LogP contribution < -0.4 is 16.2 Å². The Labute approximate surface area is 140 Å². The molecule has 0 atom stereocenters. The van der Waals surface area contributed by atoms with Gasteiger partial charge < -0.3 is 10.6 Å². The Kier molecular flexibility index (Phi) is 5.73. The van der Waals surface area contributed by atoms with Crippen LogP contribution in [-0.4, -0.2) is 26.0 Å². The monoisotopic (exact) mass is 332 g/mol. The van der Waals surface area contributed by atoms with Crippen molar-refractivity contribution in [2.45, 2.75) is 53.1 Å². The third-order valence-corrected chi connectivity index (χ3v) is 3.78. The first-order valence-electron chi connectivity index (χ1n) is 8.14. The van der Waals surface area contributed by atoms with Crippen LogP contribution >= 0.6 is 0 Å². The number of aromatic nitrogens is 4. The molecule has 0 unspecified atom stereocenters. The van der Waals surface area contributed by atoms with Gasteiger partial charge in [0, 0.05) is 17.8 Å². The van der Waals surface area contributed by atoms with Crippen LogP contribution in [0.2, 0.25) is 0 Å². The number of carbonyl (C=O) groups excluding carboxylic acids is 1. The average molecular weight is 332 g/mol. The summed E-state index contributed by atoms with van der Waals surface area (Å²) in [6, 6.07) is -0.159. The SMILES string of the molecule is CCc1n[nH]c(=O)c(CNC(=O)Nc2cnn(C(C)C)c2)c1CC. The molecule has 3 N–H and O–H groups in total. The lowest BCUT2D eigenvalue weighted by Crippen LogP contribution is -2.32. The highest BCUT2D eigenvalue weighted by Crippen LogP contribution is 2.11. The van der Waals surface area contributed by atoms with Crippen LogP contribution in [0.4, 0.5) is 10.5 Å². The van der Waals surface area contributed by atoms with Crippen molar-refractivity contribution in [3.8, 4) is 0 Å². The summed E-state index contributed by atoms with van der Waals surface area (Å²) in [4.78, 5) is 24.1. The molecule has 0 spiro atoms. The van der Waals surface area contributed by atoms with Crippen LogP contribution in [0.25, 0.3) is 0 Å². The second kappa shape index (κ2) is 7.76. The number of carbonyl (C=O) groups is 1. The van der Waals surface area contributed by atoms with Gasteiger partial charge in [0.05, 0.1) is 24.1 Å². The van der Waals surface area contributed by atoms with Gasteiger partial charge in [0.2, 0.25) is 0 Å². The van der Waals surface area contributed by atoms with E-state index in [0.717, 1.165) is 17.7 Å². The topological polar surface area (TPSA) is 105 Å². The summed E-state index contributed by atoms with van der Waals surface area (Å²) in [5.41, 5.74) is 2.64. The number of urea groups is 1. The maximum atomic E-state index is 12.0. The zero-order valence-electron chi connectivity index (χ0n) is 14.5. The smallest absolute Gasteiger partial charge is 0.319 e. The summed E-state index contributed by atoms with van der Waals surface area (Å²) < 4.78 is 1.76. The van der Waals surface area contributed by atoms with Crippen LogP contribution in [-0.2, 0) is 19.4 Å². The number of anilines is 1. The first-order valence-corrected chi connectivity index (χ1v) is 8.14. The first-order chi connectivity index (χ1) is 11.5. The van der Waals surface area contributed by atoms with Gasteiger partial charge in [-0.2, -0.15) is 10.2 Å². The summed E-state index contributed by atoms with van der Waals surface area (Å²) in [6.45, 7) is 8.11. The number of aromatic amines is 1. The number of hydrogen-bond acceptors (Lipinski definition) is 4. The van der Waals surface area contributed by atoms with E-state index in [1.165, 1.54) is 0 Å². The van der Waals surface area contributed by atoms with Crippen molar-refractivity contribution in [3.63, 3.8) is 0 Å². The molecule has 0 saturated heterocycles. The molecular formula is C16H24N6O2.